The highest BCUT2D eigenvalue weighted by Crippen LogP contribution is 2.28. The van der Waals surface area contributed by atoms with E-state index in [-0.39, 0.29) is 5.56 Å². The molecule has 0 aliphatic rings. The first-order chi connectivity index (χ1) is 15.0. The van der Waals surface area contributed by atoms with Crippen molar-refractivity contribution in [2.75, 3.05) is 40.1 Å². The van der Waals surface area contributed by atoms with Gasteiger partial charge in [0.2, 0.25) is 0 Å². The van der Waals surface area contributed by atoms with Gasteiger partial charge in [0.1, 0.15) is 18.1 Å². The minimum Gasteiger partial charge on any atom is -0.492 e. The normalized spacial score (nSPS) is 10.3. The fourth-order valence-electron chi connectivity index (χ4n) is 2.68. The van der Waals surface area contributed by atoms with Gasteiger partial charge < -0.3 is 23.5 Å². The lowest BCUT2D eigenvalue weighted by molar-refractivity contribution is 0.0544. The number of aromatic nitrogens is 2. The Bertz CT molecular complexity index is 1070. The van der Waals surface area contributed by atoms with Gasteiger partial charge in [-0.05, 0) is 13.3 Å². The van der Waals surface area contributed by atoms with Crippen LogP contribution in [0.2, 0.25) is 0 Å². The minimum atomic E-state index is -0.456. The summed E-state index contributed by atoms with van der Waals surface area (Å²) in [4.78, 5) is 25.5. The van der Waals surface area contributed by atoms with Crippen LogP contribution in [0.5, 0.6) is 11.5 Å². The van der Waals surface area contributed by atoms with Crippen LogP contribution in [0.15, 0.2) is 27.9 Å². The Morgan fingerprint density at radius 2 is 1.58 bits per heavy atom. The molecule has 8 heteroatoms. The first-order valence-corrected chi connectivity index (χ1v) is 9.74. The molecule has 1 heterocycles. The maximum Gasteiger partial charge on any atom is 0.328 e. The largest absolute Gasteiger partial charge is 0.492 e. The Balaban J connectivity index is 1.96. The summed E-state index contributed by atoms with van der Waals surface area (Å²) >= 11 is 0. The predicted molar refractivity (Wildman–Crippen MR) is 117 cm³/mol. The molecule has 0 saturated heterocycles. The predicted octanol–water partition coefficient (Wildman–Crippen LogP) is 1.32. The van der Waals surface area contributed by atoms with Crippen LogP contribution < -0.4 is 20.7 Å². The summed E-state index contributed by atoms with van der Waals surface area (Å²) in [6, 6.07) is 3.32. The minimum absolute atomic E-state index is 0.302. The lowest BCUT2D eigenvalue weighted by Crippen LogP contribution is -2.31. The highest BCUT2D eigenvalue weighted by atomic mass is 16.5. The Hall–Kier alpha value is -3.46. The molecule has 0 spiro atoms. The average Bonchev–Trinajstić information content (AvgIpc) is 2.77. The van der Waals surface area contributed by atoms with Crippen LogP contribution in [0.4, 0.5) is 0 Å². The van der Waals surface area contributed by atoms with Crippen LogP contribution in [0, 0.1) is 31.6 Å². The highest BCUT2D eigenvalue weighted by Gasteiger charge is 2.10. The Labute approximate surface area is 181 Å². The summed E-state index contributed by atoms with van der Waals surface area (Å²) in [5.74, 6) is 6.08. The van der Waals surface area contributed by atoms with E-state index in [2.05, 4.69) is 16.8 Å². The molecule has 0 aliphatic carbocycles. The van der Waals surface area contributed by atoms with E-state index >= 15 is 0 Å². The SMILES string of the molecule is C#Cc1cc(OCCOCCOC)c(C#C)cc1OCCCn1cc(C)c(=O)[nH]c1=O. The molecular formula is C23H26N2O6. The molecule has 0 fully saturated rings. The maximum atomic E-state index is 11.8. The molecule has 8 nitrogen and oxygen atoms in total. The number of hydrogen-bond donors (Lipinski definition) is 1. The monoisotopic (exact) mass is 426 g/mol. The number of methoxy groups -OCH3 is 1. The van der Waals surface area contributed by atoms with Gasteiger partial charge in [-0.15, -0.1) is 12.8 Å². The van der Waals surface area contributed by atoms with Crippen molar-refractivity contribution in [3.8, 4) is 36.2 Å². The lowest BCUT2D eigenvalue weighted by atomic mass is 10.1. The summed E-state index contributed by atoms with van der Waals surface area (Å²) in [6.45, 7) is 4.02. The van der Waals surface area contributed by atoms with Crippen LogP contribution in [-0.4, -0.2) is 49.7 Å². The van der Waals surface area contributed by atoms with E-state index in [1.807, 2.05) is 0 Å². The molecule has 2 rings (SSSR count). The van der Waals surface area contributed by atoms with Crippen LogP contribution in [-0.2, 0) is 16.0 Å². The Morgan fingerprint density at radius 3 is 2.19 bits per heavy atom. The molecule has 0 atom stereocenters. The standard InChI is InChI=1S/C23H26N2O6/c1-5-18-15-21(31-13-12-29-11-10-28-4)19(6-2)14-20(18)30-9-7-8-25-16-17(3)22(26)24-23(25)27/h1-2,14-16H,7-13H2,3-4H3,(H,24,26,27). The molecule has 0 amide bonds. The molecule has 1 N–H and O–H groups in total. The number of aryl methyl sites for hydroxylation is 2. The molecule has 0 unspecified atom stereocenters. The summed E-state index contributed by atoms with van der Waals surface area (Å²) < 4.78 is 23.2. The van der Waals surface area contributed by atoms with Crippen molar-refractivity contribution in [1.29, 1.82) is 0 Å². The smallest absolute Gasteiger partial charge is 0.328 e. The molecule has 164 valence electrons. The van der Waals surface area contributed by atoms with Crippen molar-refractivity contribution in [2.45, 2.75) is 19.9 Å². The van der Waals surface area contributed by atoms with Gasteiger partial charge >= 0.3 is 5.69 Å². The van der Waals surface area contributed by atoms with Crippen molar-refractivity contribution >= 4 is 0 Å². The first-order valence-electron chi connectivity index (χ1n) is 9.74. The second-order valence-corrected chi connectivity index (χ2v) is 6.55. The van der Waals surface area contributed by atoms with E-state index in [0.29, 0.717) is 74.2 Å². The Morgan fingerprint density at radius 1 is 0.968 bits per heavy atom. The molecule has 31 heavy (non-hydrogen) atoms. The topological polar surface area (TPSA) is 91.8 Å². The van der Waals surface area contributed by atoms with Gasteiger partial charge in [-0.25, -0.2) is 4.79 Å². The Kier molecular flexibility index (Phi) is 9.44. The zero-order valence-electron chi connectivity index (χ0n) is 17.7. The third-order valence-corrected chi connectivity index (χ3v) is 4.30. The molecule has 0 bridgehead atoms. The number of nitrogens with one attached hydrogen (secondary N) is 1. The summed E-state index contributed by atoms with van der Waals surface area (Å²) in [5, 5.41) is 0. The van der Waals surface area contributed by atoms with Crippen molar-refractivity contribution in [2.24, 2.45) is 0 Å². The van der Waals surface area contributed by atoms with Crippen molar-refractivity contribution in [3.63, 3.8) is 0 Å². The van der Waals surface area contributed by atoms with E-state index in [4.69, 9.17) is 31.8 Å². The van der Waals surface area contributed by atoms with Crippen molar-refractivity contribution < 1.29 is 18.9 Å². The van der Waals surface area contributed by atoms with Gasteiger partial charge in [0.05, 0.1) is 37.6 Å². The third-order valence-electron chi connectivity index (χ3n) is 4.30. The van der Waals surface area contributed by atoms with E-state index in [9.17, 15) is 9.59 Å². The number of rotatable bonds is 12. The van der Waals surface area contributed by atoms with Crippen LogP contribution in [0.3, 0.4) is 0 Å². The van der Waals surface area contributed by atoms with Gasteiger partial charge in [-0.2, -0.15) is 0 Å². The number of H-pyrrole nitrogens is 1. The molecule has 0 radical (unpaired) electrons. The van der Waals surface area contributed by atoms with Gasteiger partial charge in [-0.3, -0.25) is 9.78 Å². The second kappa shape index (κ2) is 12.3. The highest BCUT2D eigenvalue weighted by molar-refractivity contribution is 5.57. The second-order valence-electron chi connectivity index (χ2n) is 6.55. The van der Waals surface area contributed by atoms with Gasteiger partial charge in [-0.1, -0.05) is 11.8 Å². The summed E-state index contributed by atoms with van der Waals surface area (Å²) in [7, 11) is 1.61. The number of ether oxygens (including phenoxy) is 4. The van der Waals surface area contributed by atoms with Gasteiger partial charge in [0, 0.05) is 37.5 Å². The number of benzene rings is 1. The average molecular weight is 426 g/mol. The van der Waals surface area contributed by atoms with E-state index in [1.54, 1.807) is 26.2 Å². The van der Waals surface area contributed by atoms with Crippen LogP contribution >= 0.6 is 0 Å². The van der Waals surface area contributed by atoms with Crippen molar-refractivity contribution in [1.82, 2.24) is 9.55 Å². The maximum absolute atomic E-state index is 11.8. The molecule has 0 saturated carbocycles. The van der Waals surface area contributed by atoms with Crippen LogP contribution in [0.1, 0.15) is 23.1 Å². The van der Waals surface area contributed by atoms with Crippen molar-refractivity contribution in [3.05, 3.63) is 55.9 Å². The van der Waals surface area contributed by atoms with Crippen LogP contribution in [0.25, 0.3) is 0 Å². The van der Waals surface area contributed by atoms with E-state index < -0.39 is 5.69 Å². The van der Waals surface area contributed by atoms with E-state index in [1.165, 1.54) is 10.8 Å². The molecule has 1 aromatic heterocycles. The zero-order chi connectivity index (χ0) is 22.6. The number of aromatic amines is 1. The zero-order valence-corrected chi connectivity index (χ0v) is 17.7. The fraction of sp³-hybridized carbons (Fsp3) is 0.391. The molecular weight excluding hydrogens is 400 g/mol. The van der Waals surface area contributed by atoms with E-state index in [0.717, 1.165) is 0 Å². The molecule has 1 aromatic carbocycles. The van der Waals surface area contributed by atoms with Gasteiger partial charge in [0.25, 0.3) is 5.56 Å². The summed E-state index contributed by atoms with van der Waals surface area (Å²) in [5.41, 5.74) is 0.641. The quantitative estimate of drug-likeness (QED) is 0.407. The van der Waals surface area contributed by atoms with Gasteiger partial charge in [0.15, 0.2) is 0 Å². The summed E-state index contributed by atoms with van der Waals surface area (Å²) in [6.07, 6.45) is 13.3. The lowest BCUT2D eigenvalue weighted by Gasteiger charge is -2.14. The number of hydrogen-bond acceptors (Lipinski definition) is 6. The third kappa shape index (κ3) is 7.07. The number of nitrogens with zero attached hydrogens (tertiary/aromatic N) is 1. The molecule has 0 aliphatic heterocycles. The fourth-order valence-corrected chi connectivity index (χ4v) is 2.68. The number of terminal acetylenes is 2. The first kappa shape index (κ1) is 23.8. The molecule has 2 aromatic rings.